The number of aryl methyl sites for hydroxylation is 1. The van der Waals surface area contributed by atoms with Crippen molar-refractivity contribution in [3.63, 3.8) is 0 Å². The van der Waals surface area contributed by atoms with Gasteiger partial charge in [-0.15, -0.1) is 0 Å². The average molecular weight is 384 g/mol. The highest BCUT2D eigenvalue weighted by Crippen LogP contribution is 2.35. The van der Waals surface area contributed by atoms with Crippen LogP contribution in [0.15, 0.2) is 84.6 Å². The topological polar surface area (TPSA) is 50.3 Å². The Labute approximate surface area is 168 Å². The summed E-state index contributed by atoms with van der Waals surface area (Å²) >= 11 is 5.60. The van der Waals surface area contributed by atoms with Gasteiger partial charge in [0.05, 0.1) is 16.8 Å². The van der Waals surface area contributed by atoms with E-state index in [2.05, 4.69) is 4.98 Å². The number of carbonyl (C=O) groups excluding carboxylic acids is 2. The number of nitrogens with zero attached hydrogens (tertiary/aromatic N) is 2. The summed E-state index contributed by atoms with van der Waals surface area (Å²) in [4.78, 5) is 32.4. The molecule has 1 aliphatic rings. The first-order valence-electron chi connectivity index (χ1n) is 8.79. The molecule has 0 bridgehead atoms. The predicted octanol–water partition coefficient (Wildman–Crippen LogP) is 4.40. The summed E-state index contributed by atoms with van der Waals surface area (Å²) in [7, 11) is 0. The third-order valence-electron chi connectivity index (χ3n) is 4.56. The number of Topliss-reactive ketones (excluding diaryl/α,β-unsaturated/α-hetero) is 1. The Hall–Kier alpha value is -3.44. The minimum absolute atomic E-state index is 0.197. The Bertz CT molecular complexity index is 1100. The molecule has 0 saturated carbocycles. The molecular weight excluding hydrogens is 368 g/mol. The van der Waals surface area contributed by atoms with Crippen LogP contribution in [0.2, 0.25) is 0 Å². The molecule has 0 N–H and O–H groups in total. The number of hydrogen-bond donors (Lipinski definition) is 0. The zero-order valence-corrected chi connectivity index (χ0v) is 15.9. The number of para-hydroxylation sites is 1. The quantitative estimate of drug-likeness (QED) is 0.494. The number of amides is 1. The average Bonchev–Trinajstić information content (AvgIpc) is 2.99. The highest BCUT2D eigenvalue weighted by Gasteiger charge is 2.40. The van der Waals surface area contributed by atoms with Crippen LogP contribution in [-0.4, -0.2) is 21.7 Å². The van der Waals surface area contributed by atoms with Crippen LogP contribution in [0, 0.1) is 6.92 Å². The Morgan fingerprint density at radius 2 is 1.61 bits per heavy atom. The van der Waals surface area contributed by atoms with Crippen molar-refractivity contribution in [2.45, 2.75) is 6.92 Å². The van der Waals surface area contributed by atoms with E-state index in [1.165, 1.54) is 4.90 Å². The molecule has 2 heterocycles. The molecule has 0 unspecified atom stereocenters. The van der Waals surface area contributed by atoms with Gasteiger partial charge in [0, 0.05) is 6.20 Å². The molecule has 0 saturated heterocycles. The fourth-order valence-electron chi connectivity index (χ4n) is 3.17. The third kappa shape index (κ3) is 3.06. The first-order chi connectivity index (χ1) is 13.6. The van der Waals surface area contributed by atoms with Crippen LogP contribution in [-0.2, 0) is 4.79 Å². The molecule has 4 nitrogen and oxygen atoms in total. The van der Waals surface area contributed by atoms with Crippen LogP contribution in [0.1, 0.15) is 21.6 Å². The van der Waals surface area contributed by atoms with Gasteiger partial charge >= 0.3 is 0 Å². The summed E-state index contributed by atoms with van der Waals surface area (Å²) in [6, 6.07) is 21.7. The summed E-state index contributed by atoms with van der Waals surface area (Å²) in [5.74, 6) is -0.660. The zero-order valence-electron chi connectivity index (χ0n) is 15.1. The Morgan fingerprint density at radius 3 is 2.25 bits per heavy atom. The Balaban J connectivity index is 1.89. The number of hydrogen-bond acceptors (Lipinski definition) is 4. The summed E-state index contributed by atoms with van der Waals surface area (Å²) in [6.45, 7) is 1.97. The number of pyridine rings is 1. The van der Waals surface area contributed by atoms with Gasteiger partial charge < -0.3 is 0 Å². The molecule has 136 valence electrons. The molecule has 2 aromatic carbocycles. The molecule has 0 radical (unpaired) electrons. The summed E-state index contributed by atoms with van der Waals surface area (Å²) in [5, 5.41) is 0. The number of anilines is 1. The predicted molar refractivity (Wildman–Crippen MR) is 113 cm³/mol. The van der Waals surface area contributed by atoms with E-state index >= 15 is 0 Å². The van der Waals surface area contributed by atoms with Crippen LogP contribution in [0.25, 0.3) is 5.57 Å². The van der Waals surface area contributed by atoms with Crippen molar-refractivity contribution in [1.82, 2.24) is 4.98 Å². The standard InChI is InChI=1S/C23H16N2O2S/c1-15-10-12-16(13-11-15)19-20(21(26)18-9-5-6-14-24-18)23(28)25(22(19)27)17-7-3-2-4-8-17/h2-14H,1H3. The fraction of sp³-hybridized carbons (Fsp3) is 0.0435. The number of thiocarbonyl (C=S) groups is 1. The lowest BCUT2D eigenvalue weighted by Gasteiger charge is -2.17. The highest BCUT2D eigenvalue weighted by molar-refractivity contribution is 7.81. The van der Waals surface area contributed by atoms with E-state index in [-0.39, 0.29) is 27.9 Å². The lowest BCUT2D eigenvalue weighted by atomic mass is 9.97. The second kappa shape index (κ2) is 7.29. The molecule has 0 atom stereocenters. The Morgan fingerprint density at radius 1 is 0.929 bits per heavy atom. The number of ketones is 1. The van der Waals surface area contributed by atoms with Crippen LogP contribution in [0.5, 0.6) is 0 Å². The van der Waals surface area contributed by atoms with Crippen molar-refractivity contribution < 1.29 is 9.59 Å². The van der Waals surface area contributed by atoms with Gasteiger partial charge in [-0.25, -0.2) is 0 Å². The van der Waals surface area contributed by atoms with Crippen molar-refractivity contribution in [3.8, 4) is 0 Å². The molecular formula is C23H16N2O2S. The lowest BCUT2D eigenvalue weighted by molar-refractivity contribution is -0.112. The molecule has 0 aliphatic carbocycles. The normalized spacial score (nSPS) is 14.0. The maximum atomic E-state index is 13.4. The van der Waals surface area contributed by atoms with E-state index in [4.69, 9.17) is 12.2 Å². The largest absolute Gasteiger partial charge is 0.287 e. The van der Waals surface area contributed by atoms with E-state index < -0.39 is 0 Å². The molecule has 1 aliphatic heterocycles. The summed E-state index contributed by atoms with van der Waals surface area (Å²) in [6.07, 6.45) is 1.55. The van der Waals surface area contributed by atoms with Crippen molar-refractivity contribution in [2.24, 2.45) is 0 Å². The third-order valence-corrected chi connectivity index (χ3v) is 4.95. The van der Waals surface area contributed by atoms with Crippen molar-refractivity contribution in [3.05, 3.63) is 101 Å². The van der Waals surface area contributed by atoms with Gasteiger partial charge in [-0.1, -0.05) is 66.3 Å². The maximum absolute atomic E-state index is 13.4. The van der Waals surface area contributed by atoms with Gasteiger partial charge in [0.15, 0.2) is 0 Å². The smallest absolute Gasteiger partial charge is 0.264 e. The van der Waals surface area contributed by atoms with Gasteiger partial charge in [-0.3, -0.25) is 19.5 Å². The van der Waals surface area contributed by atoms with Gasteiger partial charge in [-0.05, 0) is 36.8 Å². The molecule has 1 aromatic heterocycles. The lowest BCUT2D eigenvalue weighted by Crippen LogP contribution is -2.31. The van der Waals surface area contributed by atoms with E-state index in [0.29, 0.717) is 16.8 Å². The first-order valence-corrected chi connectivity index (χ1v) is 9.19. The van der Waals surface area contributed by atoms with E-state index in [1.54, 1.807) is 36.5 Å². The molecule has 3 aromatic rings. The maximum Gasteiger partial charge on any atom is 0.264 e. The zero-order chi connectivity index (χ0) is 19.7. The van der Waals surface area contributed by atoms with Gasteiger partial charge in [-0.2, -0.15) is 0 Å². The minimum Gasteiger partial charge on any atom is -0.287 e. The van der Waals surface area contributed by atoms with Crippen LogP contribution < -0.4 is 4.90 Å². The van der Waals surface area contributed by atoms with E-state index in [0.717, 1.165) is 5.56 Å². The number of rotatable bonds is 4. The summed E-state index contributed by atoms with van der Waals surface area (Å²) in [5.41, 5.74) is 3.14. The van der Waals surface area contributed by atoms with Crippen molar-refractivity contribution >= 4 is 40.2 Å². The molecule has 4 rings (SSSR count). The minimum atomic E-state index is -0.354. The number of carbonyl (C=O) groups is 2. The van der Waals surface area contributed by atoms with E-state index in [9.17, 15) is 9.59 Å². The van der Waals surface area contributed by atoms with Crippen molar-refractivity contribution in [2.75, 3.05) is 4.90 Å². The second-order valence-corrected chi connectivity index (χ2v) is 6.83. The number of benzene rings is 2. The van der Waals surface area contributed by atoms with Gasteiger partial charge in [0.1, 0.15) is 10.7 Å². The second-order valence-electron chi connectivity index (χ2n) is 6.44. The molecule has 28 heavy (non-hydrogen) atoms. The summed E-state index contributed by atoms with van der Waals surface area (Å²) < 4.78 is 0. The van der Waals surface area contributed by atoms with Crippen LogP contribution in [0.4, 0.5) is 5.69 Å². The van der Waals surface area contributed by atoms with E-state index in [1.807, 2.05) is 49.4 Å². The monoisotopic (exact) mass is 384 g/mol. The first kappa shape index (κ1) is 17.9. The Kier molecular flexibility index (Phi) is 4.67. The van der Waals surface area contributed by atoms with Crippen LogP contribution >= 0.6 is 12.2 Å². The number of aromatic nitrogens is 1. The molecule has 1 amide bonds. The van der Waals surface area contributed by atoms with Crippen molar-refractivity contribution in [1.29, 1.82) is 0 Å². The van der Waals surface area contributed by atoms with Gasteiger partial charge in [0.25, 0.3) is 5.91 Å². The molecule has 0 spiro atoms. The SMILES string of the molecule is Cc1ccc(C2=C(C(=O)c3ccccn3)C(=S)N(c3ccccc3)C2=O)cc1. The van der Waals surface area contributed by atoms with Crippen LogP contribution in [0.3, 0.4) is 0 Å². The highest BCUT2D eigenvalue weighted by atomic mass is 32.1. The molecule has 0 fully saturated rings. The fourth-order valence-corrected chi connectivity index (χ4v) is 3.55. The van der Waals surface area contributed by atoms with Gasteiger partial charge in [0.2, 0.25) is 5.78 Å². The molecule has 5 heteroatoms.